The normalized spacial score (nSPS) is 14.6. The second-order valence-corrected chi connectivity index (χ2v) is 13.1. The summed E-state index contributed by atoms with van der Waals surface area (Å²) in [4.78, 5) is 5.47. The average molecular weight is 624 g/mol. The molecule has 0 radical (unpaired) electrons. The fraction of sp³-hybridized carbons (Fsp3) is 0.0217. The van der Waals surface area contributed by atoms with E-state index in [0.29, 0.717) is 0 Å². The van der Waals surface area contributed by atoms with Crippen LogP contribution in [0.5, 0.6) is 0 Å². The van der Waals surface area contributed by atoms with Crippen LogP contribution in [-0.2, 0) is 0 Å². The van der Waals surface area contributed by atoms with Gasteiger partial charge in [0.1, 0.15) is 6.17 Å². The van der Waals surface area contributed by atoms with E-state index in [0.717, 1.165) is 33.8 Å². The summed E-state index contributed by atoms with van der Waals surface area (Å²) in [6.07, 6.45) is -0.244. The number of hydrogen-bond donors (Lipinski definition) is 1. The number of aliphatic imine (C=N–C) groups is 1. The molecule has 49 heavy (non-hydrogen) atoms. The molecule has 0 spiro atoms. The highest BCUT2D eigenvalue weighted by atomic mass is 15.1. The van der Waals surface area contributed by atoms with E-state index in [4.69, 9.17) is 4.99 Å². The van der Waals surface area contributed by atoms with Crippen molar-refractivity contribution in [2.75, 3.05) is 5.32 Å². The Morgan fingerprint density at radius 2 is 1.12 bits per heavy atom. The van der Waals surface area contributed by atoms with Gasteiger partial charge in [0.05, 0.1) is 22.6 Å². The van der Waals surface area contributed by atoms with Gasteiger partial charge in [-0.3, -0.25) is 4.99 Å². The molecule has 1 aromatic heterocycles. The average Bonchev–Trinajstić information content (AvgIpc) is 3.69. The van der Waals surface area contributed by atoms with Crippen molar-refractivity contribution >= 4 is 54.6 Å². The van der Waals surface area contributed by atoms with Gasteiger partial charge in [-0.2, -0.15) is 0 Å². The van der Waals surface area contributed by atoms with Crippen molar-refractivity contribution in [3.05, 3.63) is 180 Å². The van der Waals surface area contributed by atoms with E-state index < -0.39 is 0 Å². The van der Waals surface area contributed by atoms with Crippen LogP contribution in [0.15, 0.2) is 169 Å². The molecule has 0 saturated heterocycles. The molecular formula is C46H29N3. The fourth-order valence-electron chi connectivity index (χ4n) is 8.46. The number of nitrogens with zero attached hydrogens (tertiary/aromatic N) is 2. The molecule has 9 aromatic rings. The molecular weight excluding hydrogens is 595 g/mol. The molecule has 2 aliphatic rings. The Hall–Kier alpha value is -6.45. The van der Waals surface area contributed by atoms with Gasteiger partial charge >= 0.3 is 0 Å². The molecule has 2 heterocycles. The number of aromatic nitrogens is 1. The van der Waals surface area contributed by atoms with E-state index in [1.807, 2.05) is 0 Å². The molecule has 3 heteroatoms. The molecule has 0 saturated carbocycles. The van der Waals surface area contributed by atoms with E-state index in [9.17, 15) is 0 Å². The zero-order valence-corrected chi connectivity index (χ0v) is 26.6. The van der Waals surface area contributed by atoms with Gasteiger partial charge in [-0.15, -0.1) is 0 Å². The number of fused-ring (bicyclic) bond motifs is 11. The molecule has 0 fully saturated rings. The second-order valence-electron chi connectivity index (χ2n) is 13.1. The van der Waals surface area contributed by atoms with Crippen molar-refractivity contribution in [1.29, 1.82) is 0 Å². The maximum atomic E-state index is 5.47. The predicted octanol–water partition coefficient (Wildman–Crippen LogP) is 11.7. The van der Waals surface area contributed by atoms with Gasteiger partial charge in [-0.05, 0) is 56.3 Å². The summed E-state index contributed by atoms with van der Waals surface area (Å²) in [5.41, 5.74) is 13.1. The summed E-state index contributed by atoms with van der Waals surface area (Å²) in [6.45, 7) is 0. The highest BCUT2D eigenvalue weighted by Crippen LogP contribution is 2.52. The summed E-state index contributed by atoms with van der Waals surface area (Å²) in [5.74, 6) is 0. The summed E-state index contributed by atoms with van der Waals surface area (Å²) in [5, 5.41) is 12.7. The van der Waals surface area contributed by atoms with Gasteiger partial charge in [-0.25, -0.2) is 0 Å². The van der Waals surface area contributed by atoms with Crippen LogP contribution in [0.4, 0.5) is 5.69 Å². The standard InChI is InChI=1S/C46H29N3/c1-2-12-29(13-3-1)43-42-34-18-6-4-16-32(34)33-17-5-7-19-35(33)44(42)48-46(47-43)30-24-26-31(27-25-30)49-39-23-9-8-20-36(39)41-37-21-10-14-28-15-11-22-38(40(28)37)45(41)49/h1-27,46,48H. The monoisotopic (exact) mass is 623 g/mol. The number of hydrogen-bond acceptors (Lipinski definition) is 2. The van der Waals surface area contributed by atoms with Crippen LogP contribution >= 0.6 is 0 Å². The highest BCUT2D eigenvalue weighted by Gasteiger charge is 2.30. The minimum absolute atomic E-state index is 0.244. The van der Waals surface area contributed by atoms with Crippen molar-refractivity contribution in [1.82, 2.24) is 4.57 Å². The van der Waals surface area contributed by atoms with E-state index in [2.05, 4.69) is 174 Å². The van der Waals surface area contributed by atoms with Crippen molar-refractivity contribution in [3.63, 3.8) is 0 Å². The minimum Gasteiger partial charge on any atom is -0.359 e. The predicted molar refractivity (Wildman–Crippen MR) is 205 cm³/mol. The minimum atomic E-state index is -0.244. The Morgan fingerprint density at radius 1 is 0.490 bits per heavy atom. The number of benzene rings is 8. The first-order chi connectivity index (χ1) is 24.3. The number of para-hydroxylation sites is 1. The van der Waals surface area contributed by atoms with Gasteiger partial charge in [0.25, 0.3) is 0 Å². The van der Waals surface area contributed by atoms with Gasteiger partial charge in [-0.1, -0.05) is 146 Å². The van der Waals surface area contributed by atoms with E-state index >= 15 is 0 Å². The lowest BCUT2D eigenvalue weighted by Gasteiger charge is -2.29. The Labute approximate surface area is 283 Å². The van der Waals surface area contributed by atoms with Gasteiger partial charge in [0, 0.05) is 38.7 Å². The maximum Gasteiger partial charge on any atom is 0.145 e. The van der Waals surface area contributed by atoms with E-state index in [1.54, 1.807) is 0 Å². The molecule has 1 atom stereocenters. The first kappa shape index (κ1) is 26.6. The summed E-state index contributed by atoms with van der Waals surface area (Å²) in [7, 11) is 0. The van der Waals surface area contributed by atoms with Crippen molar-refractivity contribution in [2.24, 2.45) is 4.99 Å². The van der Waals surface area contributed by atoms with Gasteiger partial charge in [0.15, 0.2) is 0 Å². The lowest BCUT2D eigenvalue weighted by molar-refractivity contribution is 0.830. The van der Waals surface area contributed by atoms with Crippen molar-refractivity contribution < 1.29 is 0 Å². The summed E-state index contributed by atoms with van der Waals surface area (Å²) >= 11 is 0. The first-order valence-corrected chi connectivity index (χ1v) is 16.9. The molecule has 0 bridgehead atoms. The fourth-order valence-corrected chi connectivity index (χ4v) is 8.46. The van der Waals surface area contributed by atoms with E-state index in [-0.39, 0.29) is 6.17 Å². The number of rotatable bonds is 3. The third-order valence-electron chi connectivity index (χ3n) is 10.5. The molecule has 228 valence electrons. The molecule has 1 unspecified atom stereocenters. The third-order valence-corrected chi connectivity index (χ3v) is 10.5. The van der Waals surface area contributed by atoms with Crippen LogP contribution in [0, 0.1) is 0 Å². The van der Waals surface area contributed by atoms with Crippen LogP contribution in [0.3, 0.4) is 0 Å². The molecule has 1 N–H and O–H groups in total. The smallest absolute Gasteiger partial charge is 0.145 e. The topological polar surface area (TPSA) is 29.3 Å². The Morgan fingerprint density at radius 3 is 1.90 bits per heavy atom. The second kappa shape index (κ2) is 10.0. The quantitative estimate of drug-likeness (QED) is 0.195. The van der Waals surface area contributed by atoms with Gasteiger partial charge in [0.2, 0.25) is 0 Å². The van der Waals surface area contributed by atoms with Gasteiger partial charge < -0.3 is 9.88 Å². The molecule has 0 amide bonds. The van der Waals surface area contributed by atoms with Crippen LogP contribution in [0.2, 0.25) is 0 Å². The van der Waals surface area contributed by atoms with Crippen molar-refractivity contribution in [3.8, 4) is 28.1 Å². The SMILES string of the molecule is c1ccc(C2=NC(c3ccc(-n4c5c(c6ccccc64)-c4cccc6cccc-5c46)cc3)Nc3c2c2ccccc2c2ccccc32)cc1. The largest absolute Gasteiger partial charge is 0.359 e. The van der Waals surface area contributed by atoms with Crippen molar-refractivity contribution in [2.45, 2.75) is 6.17 Å². The molecule has 8 aromatic carbocycles. The molecule has 1 aliphatic carbocycles. The molecule has 1 aliphatic heterocycles. The molecule has 11 rings (SSSR count). The van der Waals surface area contributed by atoms with Crippen LogP contribution < -0.4 is 5.32 Å². The number of nitrogens with one attached hydrogen (secondary N) is 1. The zero-order valence-electron chi connectivity index (χ0n) is 26.6. The summed E-state index contributed by atoms with van der Waals surface area (Å²) < 4.78 is 2.45. The Kier molecular flexibility index (Phi) is 5.44. The Balaban J connectivity index is 1.09. The lowest BCUT2D eigenvalue weighted by atomic mass is 9.88. The Bertz CT molecular complexity index is 2840. The van der Waals surface area contributed by atoms with Crippen LogP contribution in [0.25, 0.3) is 71.3 Å². The van der Waals surface area contributed by atoms with Crippen LogP contribution in [-0.4, -0.2) is 10.3 Å². The summed E-state index contributed by atoms with van der Waals surface area (Å²) in [6, 6.07) is 59.3. The number of anilines is 1. The first-order valence-electron chi connectivity index (χ1n) is 16.9. The zero-order chi connectivity index (χ0) is 32.1. The lowest BCUT2D eigenvalue weighted by Crippen LogP contribution is -2.21. The van der Waals surface area contributed by atoms with E-state index in [1.165, 1.54) is 65.6 Å². The van der Waals surface area contributed by atoms with Crippen LogP contribution in [0.1, 0.15) is 22.9 Å². The molecule has 3 nitrogen and oxygen atoms in total. The highest BCUT2D eigenvalue weighted by molar-refractivity contribution is 6.30. The third kappa shape index (κ3) is 3.70. The maximum absolute atomic E-state index is 5.47.